The molecule has 0 amide bonds. The van der Waals surface area contributed by atoms with Gasteiger partial charge < -0.3 is 0 Å². The Bertz CT molecular complexity index is 245. The van der Waals surface area contributed by atoms with Crippen molar-refractivity contribution in [3.8, 4) is 0 Å². The van der Waals surface area contributed by atoms with Crippen molar-refractivity contribution in [3.63, 3.8) is 0 Å². The maximum atomic E-state index is 13.0. The van der Waals surface area contributed by atoms with Gasteiger partial charge in [-0.25, -0.2) is 0 Å². The number of hydrogen-bond donors (Lipinski definition) is 0. The third kappa shape index (κ3) is 2.61. The topological polar surface area (TPSA) is 3.88 Å². The number of aryl methyl sites for hydroxylation is 1. The van der Waals surface area contributed by atoms with Crippen molar-refractivity contribution in [1.29, 1.82) is 0 Å². The summed E-state index contributed by atoms with van der Waals surface area (Å²) < 4.78 is 14.6. The van der Waals surface area contributed by atoms with Crippen LogP contribution in [-0.4, -0.2) is 0 Å². The number of pyridine rings is 1. The summed E-state index contributed by atoms with van der Waals surface area (Å²) in [6.45, 7) is 5.05. The van der Waals surface area contributed by atoms with Crippen LogP contribution in [0.4, 0.5) is 4.39 Å². The molecule has 0 atom stereocenters. The summed E-state index contributed by atoms with van der Waals surface area (Å²) in [5, 5.41) is 0. The molecule has 0 saturated carbocycles. The van der Waals surface area contributed by atoms with Gasteiger partial charge in [-0.2, -0.15) is 4.57 Å². The lowest BCUT2D eigenvalue weighted by Gasteiger charge is -2.00. The second-order valence-corrected chi connectivity index (χ2v) is 3.40. The first-order chi connectivity index (χ1) is 5.70. The lowest BCUT2D eigenvalue weighted by molar-refractivity contribution is -0.725. The highest BCUT2D eigenvalue weighted by Crippen LogP contribution is 1.98. The van der Waals surface area contributed by atoms with Crippen molar-refractivity contribution in [2.24, 2.45) is 5.92 Å². The highest BCUT2D eigenvalue weighted by atomic mass is 19.1. The fraction of sp³-hybridized carbons (Fsp3) is 0.500. The Kier molecular flexibility index (Phi) is 3.20. The Morgan fingerprint density at radius 1 is 1.42 bits per heavy atom. The van der Waals surface area contributed by atoms with Crippen molar-refractivity contribution in [2.45, 2.75) is 26.8 Å². The number of rotatable bonds is 3. The molecule has 0 fully saturated rings. The Morgan fingerprint density at radius 2 is 2.17 bits per heavy atom. The van der Waals surface area contributed by atoms with E-state index in [4.69, 9.17) is 0 Å². The summed E-state index contributed by atoms with van der Waals surface area (Å²) in [6.07, 6.45) is 2.79. The van der Waals surface area contributed by atoms with Crippen LogP contribution in [0, 0.1) is 11.9 Å². The van der Waals surface area contributed by atoms with Gasteiger partial charge in [-0.15, -0.1) is 4.39 Å². The smallest absolute Gasteiger partial charge is 0.174 e. The first-order valence-corrected chi connectivity index (χ1v) is 4.34. The van der Waals surface area contributed by atoms with Gasteiger partial charge in [0.15, 0.2) is 12.7 Å². The highest BCUT2D eigenvalue weighted by molar-refractivity contribution is 4.85. The SMILES string of the molecule is CC(C)CC[n+]1ccccc1F. The number of aromatic nitrogens is 1. The van der Waals surface area contributed by atoms with Crippen LogP contribution < -0.4 is 4.57 Å². The highest BCUT2D eigenvalue weighted by Gasteiger charge is 2.07. The Labute approximate surface area is 72.9 Å². The Morgan fingerprint density at radius 3 is 2.75 bits per heavy atom. The van der Waals surface area contributed by atoms with Crippen molar-refractivity contribution in [2.75, 3.05) is 0 Å². The quantitative estimate of drug-likeness (QED) is 0.481. The van der Waals surface area contributed by atoms with Crippen LogP contribution in [0.1, 0.15) is 20.3 Å². The van der Waals surface area contributed by atoms with E-state index in [1.54, 1.807) is 16.8 Å². The molecule has 1 nitrogen and oxygen atoms in total. The minimum absolute atomic E-state index is 0.154. The van der Waals surface area contributed by atoms with Crippen molar-refractivity contribution < 1.29 is 8.96 Å². The Balaban J connectivity index is 2.57. The van der Waals surface area contributed by atoms with Gasteiger partial charge in [0.05, 0.1) is 0 Å². The van der Waals surface area contributed by atoms with E-state index in [-0.39, 0.29) is 5.95 Å². The second-order valence-electron chi connectivity index (χ2n) is 3.40. The van der Waals surface area contributed by atoms with Gasteiger partial charge in [-0.3, -0.25) is 0 Å². The third-order valence-electron chi connectivity index (χ3n) is 1.83. The van der Waals surface area contributed by atoms with E-state index in [1.807, 2.05) is 6.07 Å². The molecular weight excluding hydrogens is 153 g/mol. The normalized spacial score (nSPS) is 10.7. The number of nitrogens with zero attached hydrogens (tertiary/aromatic N) is 1. The molecule has 2 heteroatoms. The van der Waals surface area contributed by atoms with Crippen molar-refractivity contribution in [3.05, 3.63) is 30.3 Å². The van der Waals surface area contributed by atoms with E-state index < -0.39 is 0 Å². The van der Waals surface area contributed by atoms with E-state index in [2.05, 4.69) is 13.8 Å². The second kappa shape index (κ2) is 4.19. The molecule has 12 heavy (non-hydrogen) atoms. The molecule has 66 valence electrons. The molecule has 0 unspecified atom stereocenters. The third-order valence-corrected chi connectivity index (χ3v) is 1.83. The molecule has 0 aliphatic heterocycles. The van der Waals surface area contributed by atoms with Crippen LogP contribution in [0.5, 0.6) is 0 Å². The lowest BCUT2D eigenvalue weighted by atomic mass is 10.1. The van der Waals surface area contributed by atoms with E-state index in [0.717, 1.165) is 13.0 Å². The first-order valence-electron chi connectivity index (χ1n) is 4.34. The monoisotopic (exact) mass is 168 g/mol. The summed E-state index contributed by atoms with van der Waals surface area (Å²) in [6, 6.07) is 5.05. The summed E-state index contributed by atoms with van der Waals surface area (Å²) in [7, 11) is 0. The zero-order chi connectivity index (χ0) is 8.97. The lowest BCUT2D eigenvalue weighted by Crippen LogP contribution is -2.37. The van der Waals surface area contributed by atoms with Crippen LogP contribution in [0.3, 0.4) is 0 Å². The van der Waals surface area contributed by atoms with Crippen LogP contribution >= 0.6 is 0 Å². The van der Waals surface area contributed by atoms with Crippen LogP contribution in [-0.2, 0) is 6.54 Å². The van der Waals surface area contributed by atoms with Gasteiger partial charge in [-0.05, 0) is 12.0 Å². The molecule has 1 aromatic rings. The van der Waals surface area contributed by atoms with E-state index in [0.29, 0.717) is 5.92 Å². The molecule has 0 bridgehead atoms. The Hall–Kier alpha value is -0.920. The molecular formula is C10H15FN+. The summed E-state index contributed by atoms with van der Waals surface area (Å²) in [5.41, 5.74) is 0. The molecule has 0 N–H and O–H groups in total. The average molecular weight is 168 g/mol. The molecule has 0 aromatic carbocycles. The fourth-order valence-corrected chi connectivity index (χ4v) is 1.03. The van der Waals surface area contributed by atoms with Gasteiger partial charge in [0.2, 0.25) is 0 Å². The van der Waals surface area contributed by atoms with Crippen LogP contribution in [0.2, 0.25) is 0 Å². The molecule has 0 saturated heterocycles. The molecule has 1 heterocycles. The molecule has 0 radical (unpaired) electrons. The van der Waals surface area contributed by atoms with E-state index in [1.165, 1.54) is 6.07 Å². The summed E-state index contributed by atoms with van der Waals surface area (Å²) >= 11 is 0. The minimum atomic E-state index is -0.154. The summed E-state index contributed by atoms with van der Waals surface area (Å²) in [5.74, 6) is 0.468. The predicted molar refractivity (Wildman–Crippen MR) is 46.1 cm³/mol. The molecule has 1 rings (SSSR count). The van der Waals surface area contributed by atoms with Crippen molar-refractivity contribution in [1.82, 2.24) is 0 Å². The van der Waals surface area contributed by atoms with Crippen molar-refractivity contribution >= 4 is 0 Å². The molecule has 1 aromatic heterocycles. The predicted octanol–water partition coefficient (Wildman–Crippen LogP) is 2.16. The fourth-order valence-electron chi connectivity index (χ4n) is 1.03. The van der Waals surface area contributed by atoms with Crippen LogP contribution in [0.25, 0.3) is 0 Å². The zero-order valence-electron chi connectivity index (χ0n) is 7.63. The van der Waals surface area contributed by atoms with Gasteiger partial charge >= 0.3 is 5.95 Å². The largest absolute Gasteiger partial charge is 0.359 e. The van der Waals surface area contributed by atoms with Gasteiger partial charge in [0.25, 0.3) is 0 Å². The van der Waals surface area contributed by atoms with E-state index >= 15 is 0 Å². The average Bonchev–Trinajstić information content (AvgIpc) is 2.03. The zero-order valence-corrected chi connectivity index (χ0v) is 7.63. The molecule has 0 aliphatic carbocycles. The molecule has 0 spiro atoms. The van der Waals surface area contributed by atoms with E-state index in [9.17, 15) is 4.39 Å². The first kappa shape index (κ1) is 9.17. The minimum Gasteiger partial charge on any atom is -0.174 e. The standard InChI is InChI=1S/C10H15FN/c1-9(2)6-8-12-7-4-3-5-10(12)11/h3-5,7,9H,6,8H2,1-2H3/q+1. The van der Waals surface area contributed by atoms with Crippen LogP contribution in [0.15, 0.2) is 24.4 Å². The number of hydrogen-bond acceptors (Lipinski definition) is 0. The number of halogens is 1. The van der Waals surface area contributed by atoms with Gasteiger partial charge in [0.1, 0.15) is 0 Å². The maximum absolute atomic E-state index is 13.0. The summed E-state index contributed by atoms with van der Waals surface area (Å²) in [4.78, 5) is 0. The van der Waals surface area contributed by atoms with Gasteiger partial charge in [0, 0.05) is 18.6 Å². The van der Waals surface area contributed by atoms with Gasteiger partial charge in [-0.1, -0.05) is 13.8 Å². The maximum Gasteiger partial charge on any atom is 0.359 e. The molecule has 0 aliphatic rings.